The van der Waals surface area contributed by atoms with E-state index in [-0.39, 0.29) is 12.5 Å². The molecule has 0 aromatic carbocycles. The van der Waals surface area contributed by atoms with Gasteiger partial charge in [-0.3, -0.25) is 10.2 Å². The molecule has 2 saturated heterocycles. The van der Waals surface area contributed by atoms with Crippen molar-refractivity contribution < 1.29 is 14.3 Å². The van der Waals surface area contributed by atoms with Crippen LogP contribution in [0.1, 0.15) is 6.42 Å². The van der Waals surface area contributed by atoms with E-state index in [1.54, 1.807) is 0 Å². The van der Waals surface area contributed by atoms with Gasteiger partial charge in [0.05, 0.1) is 13.1 Å². The summed E-state index contributed by atoms with van der Waals surface area (Å²) in [5.74, 6) is -0.193. The van der Waals surface area contributed by atoms with Gasteiger partial charge < -0.3 is 4.74 Å². The van der Waals surface area contributed by atoms with Crippen molar-refractivity contribution in [1.29, 1.82) is 0 Å². The van der Waals surface area contributed by atoms with Gasteiger partial charge in [0, 0.05) is 13.1 Å². The number of amides is 2. The summed E-state index contributed by atoms with van der Waals surface area (Å²) in [5.41, 5.74) is 3.06. The Morgan fingerprint density at radius 3 is 2.93 bits per heavy atom. The molecule has 2 heterocycles. The first-order valence-corrected chi connectivity index (χ1v) is 4.73. The molecule has 2 rings (SSSR count). The Balaban J connectivity index is 1.85. The minimum absolute atomic E-state index is 0.193. The molecule has 0 saturated carbocycles. The summed E-state index contributed by atoms with van der Waals surface area (Å²) in [6, 6.07) is 0. The Labute approximate surface area is 81.8 Å². The average Bonchev–Trinajstić information content (AvgIpc) is 2.75. The number of hydrogen-bond donors (Lipinski definition) is 1. The molecule has 0 aromatic heterocycles. The largest absolute Gasteiger partial charge is 0.447 e. The number of nitrogens with one attached hydrogen (secondary N) is 1. The number of hydrazine groups is 1. The quantitative estimate of drug-likeness (QED) is 0.629. The van der Waals surface area contributed by atoms with Gasteiger partial charge in [0.1, 0.15) is 6.61 Å². The van der Waals surface area contributed by atoms with Crippen LogP contribution in [-0.2, 0) is 9.53 Å². The van der Waals surface area contributed by atoms with Crippen LogP contribution in [-0.4, -0.2) is 54.7 Å². The van der Waals surface area contributed by atoms with Crippen molar-refractivity contribution in [2.24, 2.45) is 0 Å². The van der Waals surface area contributed by atoms with E-state index in [0.717, 1.165) is 24.4 Å². The fraction of sp³-hybridized carbons (Fsp3) is 0.750. The number of carbonyl (C=O) groups excluding carboxylic acids is 2. The summed E-state index contributed by atoms with van der Waals surface area (Å²) < 4.78 is 4.68. The number of hydrogen-bond acceptors (Lipinski definition) is 5. The Bertz CT molecular complexity index is 250. The summed E-state index contributed by atoms with van der Waals surface area (Å²) in [6.07, 6.45) is 0.520. The molecule has 0 aromatic rings. The van der Waals surface area contributed by atoms with E-state index < -0.39 is 6.09 Å². The first-order chi connectivity index (χ1) is 6.77. The van der Waals surface area contributed by atoms with Crippen LogP contribution in [0.15, 0.2) is 0 Å². The third kappa shape index (κ3) is 1.85. The second kappa shape index (κ2) is 3.93. The smallest absolute Gasteiger partial charge is 0.416 e. The van der Waals surface area contributed by atoms with Crippen molar-refractivity contribution in [3.8, 4) is 0 Å². The highest BCUT2D eigenvalue weighted by molar-refractivity contribution is 5.93. The van der Waals surface area contributed by atoms with E-state index in [4.69, 9.17) is 0 Å². The van der Waals surface area contributed by atoms with E-state index in [1.165, 1.54) is 0 Å². The average molecular weight is 199 g/mol. The molecule has 2 aliphatic heterocycles. The van der Waals surface area contributed by atoms with E-state index in [0.29, 0.717) is 13.2 Å². The van der Waals surface area contributed by atoms with Gasteiger partial charge in [-0.1, -0.05) is 0 Å². The third-order valence-electron chi connectivity index (χ3n) is 2.33. The Morgan fingerprint density at radius 1 is 1.50 bits per heavy atom. The van der Waals surface area contributed by atoms with Gasteiger partial charge in [-0.25, -0.2) is 14.7 Å². The Kier molecular flexibility index (Phi) is 2.64. The highest BCUT2D eigenvalue weighted by Crippen LogP contribution is 2.05. The van der Waals surface area contributed by atoms with Crippen LogP contribution in [0.5, 0.6) is 0 Å². The molecule has 0 atom stereocenters. The molecule has 1 N–H and O–H groups in total. The van der Waals surface area contributed by atoms with Crippen molar-refractivity contribution in [2.45, 2.75) is 6.42 Å². The van der Waals surface area contributed by atoms with Crippen LogP contribution < -0.4 is 5.43 Å². The van der Waals surface area contributed by atoms with E-state index in [1.807, 2.05) is 5.01 Å². The fourth-order valence-corrected chi connectivity index (χ4v) is 1.59. The zero-order chi connectivity index (χ0) is 9.97. The van der Waals surface area contributed by atoms with Crippen LogP contribution in [0.4, 0.5) is 4.79 Å². The van der Waals surface area contributed by atoms with Crippen molar-refractivity contribution in [3.63, 3.8) is 0 Å². The zero-order valence-corrected chi connectivity index (χ0v) is 7.86. The monoisotopic (exact) mass is 199 g/mol. The van der Waals surface area contributed by atoms with Gasteiger partial charge in [0.2, 0.25) is 5.91 Å². The summed E-state index contributed by atoms with van der Waals surface area (Å²) >= 11 is 0. The molecule has 0 spiro atoms. The molecule has 0 bridgehead atoms. The SMILES string of the molecule is O=C(CN1CCCN1)N1CCOC1=O. The van der Waals surface area contributed by atoms with Crippen molar-refractivity contribution in [1.82, 2.24) is 15.3 Å². The lowest BCUT2D eigenvalue weighted by Gasteiger charge is -2.17. The number of imide groups is 1. The van der Waals surface area contributed by atoms with Crippen LogP contribution in [0.25, 0.3) is 0 Å². The topological polar surface area (TPSA) is 61.9 Å². The summed E-state index contributed by atoms with van der Waals surface area (Å²) in [5, 5.41) is 1.83. The molecule has 6 heteroatoms. The highest BCUT2D eigenvalue weighted by Gasteiger charge is 2.29. The van der Waals surface area contributed by atoms with Crippen LogP contribution in [0.2, 0.25) is 0 Å². The molecule has 0 aliphatic carbocycles. The number of nitrogens with zero attached hydrogens (tertiary/aromatic N) is 2. The lowest BCUT2D eigenvalue weighted by molar-refractivity contribution is -0.129. The van der Waals surface area contributed by atoms with Gasteiger partial charge in [-0.2, -0.15) is 0 Å². The molecule has 78 valence electrons. The van der Waals surface area contributed by atoms with Crippen molar-refractivity contribution >= 4 is 12.0 Å². The predicted octanol–water partition coefficient (Wildman–Crippen LogP) is -0.824. The molecular weight excluding hydrogens is 186 g/mol. The molecule has 0 radical (unpaired) electrons. The van der Waals surface area contributed by atoms with Crippen LogP contribution in [0, 0.1) is 0 Å². The first-order valence-electron chi connectivity index (χ1n) is 4.73. The maximum atomic E-state index is 11.6. The molecule has 2 aliphatic rings. The summed E-state index contributed by atoms with van der Waals surface area (Å²) in [7, 11) is 0. The van der Waals surface area contributed by atoms with Gasteiger partial charge in [-0.05, 0) is 6.42 Å². The normalized spacial score (nSPS) is 22.9. The number of carbonyl (C=O) groups is 2. The maximum Gasteiger partial charge on any atom is 0.416 e. The second-order valence-corrected chi connectivity index (χ2v) is 3.34. The van der Waals surface area contributed by atoms with Crippen molar-refractivity contribution in [2.75, 3.05) is 32.8 Å². The molecular formula is C8H13N3O3. The molecule has 0 unspecified atom stereocenters. The van der Waals surface area contributed by atoms with Gasteiger partial charge in [0.15, 0.2) is 0 Å². The molecule has 6 nitrogen and oxygen atoms in total. The number of ether oxygens (including phenoxy) is 1. The van der Waals surface area contributed by atoms with Crippen molar-refractivity contribution in [3.05, 3.63) is 0 Å². The standard InChI is InChI=1S/C8H13N3O3/c12-7(6-10-3-1-2-9-10)11-4-5-14-8(11)13/h9H,1-6H2. The Morgan fingerprint density at radius 2 is 2.36 bits per heavy atom. The lowest BCUT2D eigenvalue weighted by Crippen LogP contribution is -2.43. The van der Waals surface area contributed by atoms with E-state index in [2.05, 4.69) is 10.2 Å². The first kappa shape index (κ1) is 9.42. The maximum absolute atomic E-state index is 11.6. The fourth-order valence-electron chi connectivity index (χ4n) is 1.59. The third-order valence-corrected chi connectivity index (χ3v) is 2.33. The summed E-state index contributed by atoms with van der Waals surface area (Å²) in [6.45, 7) is 2.70. The number of cyclic esters (lactones) is 1. The van der Waals surface area contributed by atoms with Crippen LogP contribution in [0.3, 0.4) is 0 Å². The minimum Gasteiger partial charge on any atom is -0.447 e. The molecule has 2 fully saturated rings. The van der Waals surface area contributed by atoms with Gasteiger partial charge in [-0.15, -0.1) is 0 Å². The highest BCUT2D eigenvalue weighted by atomic mass is 16.6. The zero-order valence-electron chi connectivity index (χ0n) is 7.86. The second-order valence-electron chi connectivity index (χ2n) is 3.34. The van der Waals surface area contributed by atoms with Crippen LogP contribution >= 0.6 is 0 Å². The van der Waals surface area contributed by atoms with E-state index >= 15 is 0 Å². The molecule has 14 heavy (non-hydrogen) atoms. The predicted molar refractivity (Wildman–Crippen MR) is 47.3 cm³/mol. The Hall–Kier alpha value is -1.14. The molecule has 2 amide bonds. The summed E-state index contributed by atoms with van der Waals surface area (Å²) in [4.78, 5) is 23.7. The minimum atomic E-state index is -0.519. The number of rotatable bonds is 2. The van der Waals surface area contributed by atoms with E-state index in [9.17, 15) is 9.59 Å². The van der Waals surface area contributed by atoms with Gasteiger partial charge >= 0.3 is 6.09 Å². The van der Waals surface area contributed by atoms with Gasteiger partial charge in [0.25, 0.3) is 0 Å². The lowest BCUT2D eigenvalue weighted by atomic mass is 10.4.